The van der Waals surface area contributed by atoms with E-state index in [1.165, 1.54) is 136 Å². The minimum atomic E-state index is -0.285. The minimum absolute atomic E-state index is 0.228. The van der Waals surface area contributed by atoms with Crippen LogP contribution < -0.4 is 0 Å². The van der Waals surface area contributed by atoms with Crippen LogP contribution in [0.15, 0.2) is 0 Å². The lowest BCUT2D eigenvalue weighted by molar-refractivity contribution is 0.00464. The highest BCUT2D eigenvalue weighted by Crippen LogP contribution is 2.12. The van der Waals surface area contributed by atoms with Crippen molar-refractivity contribution in [2.75, 3.05) is 85.2 Å². The van der Waals surface area contributed by atoms with E-state index < -0.39 is 0 Å². The Bertz CT molecular complexity index is 668. The largest absolute Gasteiger partial charge is 0.391 e. The number of likely N-dealkylation sites (tertiary alicyclic amines) is 4. The van der Waals surface area contributed by atoms with Crippen molar-refractivity contribution in [3.63, 3.8) is 0 Å². The molecule has 4 aliphatic rings. The van der Waals surface area contributed by atoms with Crippen molar-refractivity contribution in [3.8, 4) is 0 Å². The van der Waals surface area contributed by atoms with Gasteiger partial charge in [-0.2, -0.15) is 0 Å². The van der Waals surface area contributed by atoms with Gasteiger partial charge in [0.05, 0.1) is 31.5 Å². The van der Waals surface area contributed by atoms with Crippen LogP contribution in [0.1, 0.15) is 209 Å². The molecule has 7 nitrogen and oxygen atoms in total. The van der Waals surface area contributed by atoms with Gasteiger partial charge in [0.2, 0.25) is 0 Å². The Balaban J connectivity index is -0.000000190. The summed E-state index contributed by atoms with van der Waals surface area (Å²) in [4.78, 5) is 10.2. The monoisotopic (exact) mass is 819 g/mol. The minimum Gasteiger partial charge on any atom is -0.391 e. The SMILES string of the molecule is CC.CC.CC.CC.CC(C)CN1CCCC1.CC(C)CN1CCCCC1.CC(C)N1CCCCC1.CC(C)OCCN1CCCCC1.CCC(O)COC(C)C. The third-order valence-electron chi connectivity index (χ3n) is 9.42. The fourth-order valence-corrected chi connectivity index (χ4v) is 6.60. The van der Waals surface area contributed by atoms with Crippen molar-refractivity contribution in [2.24, 2.45) is 11.8 Å². The van der Waals surface area contributed by atoms with E-state index in [1.807, 2.05) is 76.2 Å². The van der Waals surface area contributed by atoms with E-state index >= 15 is 0 Å². The Morgan fingerprint density at radius 2 is 0.754 bits per heavy atom. The molecule has 0 aliphatic carbocycles. The van der Waals surface area contributed by atoms with E-state index in [0.29, 0.717) is 12.7 Å². The molecule has 0 spiro atoms. The first kappa shape index (κ1) is 65.8. The van der Waals surface area contributed by atoms with Crippen molar-refractivity contribution in [2.45, 2.75) is 233 Å². The molecule has 1 N–H and O–H groups in total. The maximum absolute atomic E-state index is 8.98. The molecule has 0 bridgehead atoms. The Hall–Kier alpha value is -0.280. The zero-order valence-electron chi connectivity index (χ0n) is 43.2. The number of piperidine rings is 3. The van der Waals surface area contributed by atoms with Crippen LogP contribution in [0.2, 0.25) is 0 Å². The van der Waals surface area contributed by atoms with Gasteiger partial charge in [-0.1, -0.05) is 109 Å². The Morgan fingerprint density at radius 1 is 0.439 bits per heavy atom. The summed E-state index contributed by atoms with van der Waals surface area (Å²) >= 11 is 0. The lowest BCUT2D eigenvalue weighted by Gasteiger charge is -2.29. The first-order valence-electron chi connectivity index (χ1n) is 25.2. The van der Waals surface area contributed by atoms with Gasteiger partial charge in [0.1, 0.15) is 0 Å². The molecule has 352 valence electrons. The molecule has 4 saturated heterocycles. The molecule has 0 radical (unpaired) electrons. The summed E-state index contributed by atoms with van der Waals surface area (Å²) in [6.07, 6.45) is 16.7. The first-order chi connectivity index (χ1) is 27.3. The van der Waals surface area contributed by atoms with Crippen molar-refractivity contribution >= 4 is 0 Å². The summed E-state index contributed by atoms with van der Waals surface area (Å²) in [5.41, 5.74) is 0. The van der Waals surface area contributed by atoms with Crippen LogP contribution >= 0.6 is 0 Å². The quantitative estimate of drug-likeness (QED) is 0.199. The molecule has 0 saturated carbocycles. The number of hydrogen-bond acceptors (Lipinski definition) is 7. The number of aliphatic hydroxyl groups excluding tert-OH is 1. The molecule has 57 heavy (non-hydrogen) atoms. The van der Waals surface area contributed by atoms with Gasteiger partial charge in [-0.3, -0.25) is 0 Å². The fourth-order valence-electron chi connectivity index (χ4n) is 6.60. The Morgan fingerprint density at radius 3 is 1.04 bits per heavy atom. The summed E-state index contributed by atoms with van der Waals surface area (Å²) in [6, 6.07) is 0.769. The molecule has 0 aromatic heterocycles. The topological polar surface area (TPSA) is 51.7 Å². The van der Waals surface area contributed by atoms with Gasteiger partial charge in [0.25, 0.3) is 0 Å². The van der Waals surface area contributed by atoms with E-state index in [4.69, 9.17) is 14.6 Å². The maximum Gasteiger partial charge on any atom is 0.0771 e. The molecule has 4 aliphatic heterocycles. The van der Waals surface area contributed by atoms with Gasteiger partial charge in [-0.15, -0.1) is 0 Å². The number of hydrogen-bond donors (Lipinski definition) is 1. The van der Waals surface area contributed by atoms with Crippen LogP contribution in [-0.2, 0) is 9.47 Å². The summed E-state index contributed by atoms with van der Waals surface area (Å²) < 4.78 is 10.6. The van der Waals surface area contributed by atoms with Crippen molar-refractivity contribution in [1.82, 2.24) is 19.6 Å². The van der Waals surface area contributed by atoms with E-state index in [-0.39, 0.29) is 12.2 Å². The molecule has 0 aromatic rings. The number of ether oxygens (including phenoxy) is 2. The summed E-state index contributed by atoms with van der Waals surface area (Å²) in [5, 5.41) is 8.98. The molecular weight excluding hydrogens is 705 g/mol. The second-order valence-corrected chi connectivity index (χ2v) is 16.6. The number of rotatable bonds is 13. The van der Waals surface area contributed by atoms with Gasteiger partial charge in [-0.05, 0) is 164 Å². The molecule has 4 fully saturated rings. The summed E-state index contributed by atoms with van der Waals surface area (Å²) in [7, 11) is 0. The standard InChI is InChI=1S/C10H21NO.C9H19N.2C8H17N.C7H16O2.4C2H6/c1-10(2)12-9-8-11-6-4-3-5-7-11;1-9(2)8-10-6-4-3-5-7-10;1-8(2)7-9-5-3-4-6-9;1-8(2)9-6-4-3-5-7-9;1-4-7(8)5-9-6(2)3;4*1-2/h10H,3-9H2,1-2H3;9H,3-8H2,1-2H3;2*8H,3-7H2,1-2H3;6-8H,4-5H2,1-3H3;4*1-2H3. The molecule has 0 aromatic carbocycles. The molecule has 1 atom stereocenters. The number of nitrogens with zero attached hydrogens (tertiary/aromatic N) is 4. The van der Waals surface area contributed by atoms with Gasteiger partial charge >= 0.3 is 0 Å². The van der Waals surface area contributed by atoms with Crippen LogP contribution in [0.25, 0.3) is 0 Å². The Labute approximate surface area is 363 Å². The van der Waals surface area contributed by atoms with Crippen LogP contribution in [0.3, 0.4) is 0 Å². The lowest BCUT2D eigenvalue weighted by Crippen LogP contribution is -2.35. The third kappa shape index (κ3) is 51.8. The molecule has 7 heteroatoms. The average Bonchev–Trinajstić information content (AvgIpc) is 3.74. The summed E-state index contributed by atoms with van der Waals surface area (Å²) in [6.45, 7) is 55.5. The molecular formula is C50H114N4O3. The van der Waals surface area contributed by atoms with Crippen molar-refractivity contribution < 1.29 is 14.6 Å². The van der Waals surface area contributed by atoms with E-state index in [1.54, 1.807) is 0 Å². The van der Waals surface area contributed by atoms with Crippen molar-refractivity contribution in [1.29, 1.82) is 0 Å². The van der Waals surface area contributed by atoms with Crippen molar-refractivity contribution in [3.05, 3.63) is 0 Å². The third-order valence-corrected chi connectivity index (χ3v) is 9.42. The van der Waals surface area contributed by atoms with Gasteiger partial charge in [0, 0.05) is 25.7 Å². The number of aliphatic hydroxyl groups is 1. The molecule has 4 heterocycles. The second-order valence-electron chi connectivity index (χ2n) is 16.6. The van der Waals surface area contributed by atoms with Gasteiger partial charge < -0.3 is 34.2 Å². The molecule has 1 unspecified atom stereocenters. The van der Waals surface area contributed by atoms with Crippen LogP contribution in [0, 0.1) is 11.8 Å². The average molecular weight is 819 g/mol. The zero-order chi connectivity index (χ0) is 44.9. The van der Waals surface area contributed by atoms with E-state index in [2.05, 4.69) is 75.0 Å². The Kier molecular flexibility index (Phi) is 59.9. The second kappa shape index (κ2) is 51.9. The first-order valence-corrected chi connectivity index (χ1v) is 25.2. The van der Waals surface area contributed by atoms with Crippen LogP contribution in [0.5, 0.6) is 0 Å². The maximum atomic E-state index is 8.98. The van der Waals surface area contributed by atoms with E-state index in [0.717, 1.165) is 37.5 Å². The fraction of sp³-hybridized carbons (Fsp3) is 1.00. The summed E-state index contributed by atoms with van der Waals surface area (Å²) in [5.74, 6) is 1.70. The van der Waals surface area contributed by atoms with E-state index in [9.17, 15) is 0 Å². The van der Waals surface area contributed by atoms with Gasteiger partial charge in [0.15, 0.2) is 0 Å². The highest BCUT2D eigenvalue weighted by Gasteiger charge is 2.13. The lowest BCUT2D eigenvalue weighted by atomic mass is 10.1. The highest BCUT2D eigenvalue weighted by atomic mass is 16.5. The normalized spacial score (nSPS) is 17.8. The predicted molar refractivity (Wildman–Crippen MR) is 260 cm³/mol. The highest BCUT2D eigenvalue weighted by molar-refractivity contribution is 4.68. The zero-order valence-corrected chi connectivity index (χ0v) is 43.2. The van der Waals surface area contributed by atoms with Crippen LogP contribution in [-0.4, -0.2) is 134 Å². The predicted octanol–water partition coefficient (Wildman–Crippen LogP) is 12.9. The van der Waals surface area contributed by atoms with Gasteiger partial charge in [-0.25, -0.2) is 0 Å². The molecule has 0 amide bonds. The smallest absolute Gasteiger partial charge is 0.0771 e. The molecule has 4 rings (SSSR count). The van der Waals surface area contributed by atoms with Crippen LogP contribution in [0.4, 0.5) is 0 Å².